The van der Waals surface area contributed by atoms with E-state index in [-0.39, 0.29) is 17.9 Å². The number of rotatable bonds is 6. The minimum atomic E-state index is -0.154. The molecule has 1 saturated carbocycles. The molecule has 0 spiro atoms. The Morgan fingerprint density at radius 3 is 2.50 bits per heavy atom. The van der Waals surface area contributed by atoms with E-state index < -0.39 is 0 Å². The average molecular weight is 369 g/mol. The molecule has 1 heterocycles. The molecule has 6 heteroatoms. The summed E-state index contributed by atoms with van der Waals surface area (Å²) >= 11 is 1.60. The van der Waals surface area contributed by atoms with Crippen LogP contribution in [-0.4, -0.2) is 22.8 Å². The molecule has 0 radical (unpaired) electrons. The number of carbonyl (C=O) groups excluding carboxylic acids is 2. The summed E-state index contributed by atoms with van der Waals surface area (Å²) in [6.45, 7) is 5.88. The first-order valence-electron chi connectivity index (χ1n) is 8.76. The van der Waals surface area contributed by atoms with Crippen molar-refractivity contribution in [2.45, 2.75) is 45.7 Å². The molecule has 0 bridgehead atoms. The Bertz CT molecular complexity index is 835. The zero-order chi connectivity index (χ0) is 18.7. The van der Waals surface area contributed by atoms with Gasteiger partial charge in [-0.05, 0) is 57.4 Å². The molecule has 26 heavy (non-hydrogen) atoms. The predicted molar refractivity (Wildman–Crippen MR) is 104 cm³/mol. The van der Waals surface area contributed by atoms with E-state index in [0.29, 0.717) is 11.6 Å². The molecular weight excluding hydrogens is 346 g/mol. The van der Waals surface area contributed by atoms with Crippen LogP contribution < -0.4 is 10.6 Å². The summed E-state index contributed by atoms with van der Waals surface area (Å²) in [4.78, 5) is 29.6. The van der Waals surface area contributed by atoms with Crippen molar-refractivity contribution in [2.24, 2.45) is 0 Å². The Morgan fingerprint density at radius 1 is 1.23 bits per heavy atom. The molecule has 0 aliphatic heterocycles. The number of benzene rings is 1. The lowest BCUT2D eigenvalue weighted by Gasteiger charge is -2.11. The van der Waals surface area contributed by atoms with Gasteiger partial charge >= 0.3 is 0 Å². The van der Waals surface area contributed by atoms with Crippen molar-refractivity contribution < 1.29 is 9.59 Å². The number of amides is 2. The number of hydrogen-bond acceptors (Lipinski definition) is 4. The Kier molecular flexibility index (Phi) is 5.52. The maximum Gasteiger partial charge on any atom is 0.251 e. The van der Waals surface area contributed by atoms with E-state index in [2.05, 4.69) is 15.6 Å². The maximum atomic E-state index is 12.1. The lowest BCUT2D eigenvalue weighted by Crippen LogP contribution is -2.25. The molecule has 0 saturated heterocycles. The topological polar surface area (TPSA) is 71.1 Å². The van der Waals surface area contributed by atoms with Crippen LogP contribution in [0, 0.1) is 13.8 Å². The van der Waals surface area contributed by atoms with Crippen LogP contribution in [0.2, 0.25) is 0 Å². The molecule has 1 aromatic heterocycles. The third-order valence-electron chi connectivity index (χ3n) is 4.20. The molecule has 1 aliphatic rings. The second-order valence-electron chi connectivity index (χ2n) is 6.62. The van der Waals surface area contributed by atoms with Crippen molar-refractivity contribution in [1.29, 1.82) is 0 Å². The van der Waals surface area contributed by atoms with Gasteiger partial charge in [0.15, 0.2) is 0 Å². The second kappa shape index (κ2) is 7.83. The SMILES string of the molecule is Cc1nc(C)c([C@H](C)NC(=O)/C=C/c2ccc(C(=O)NC3CC3)cc2)s1. The van der Waals surface area contributed by atoms with E-state index in [9.17, 15) is 9.59 Å². The van der Waals surface area contributed by atoms with Crippen LogP contribution in [-0.2, 0) is 4.79 Å². The normalized spacial score (nSPS) is 15.0. The van der Waals surface area contributed by atoms with E-state index in [1.165, 1.54) is 6.08 Å². The third-order valence-corrected chi connectivity index (χ3v) is 5.46. The Balaban J connectivity index is 1.55. The first kappa shape index (κ1) is 18.3. The summed E-state index contributed by atoms with van der Waals surface area (Å²) in [5.74, 6) is -0.191. The number of aromatic nitrogens is 1. The molecule has 3 rings (SSSR count). The number of aryl methyl sites for hydroxylation is 2. The lowest BCUT2D eigenvalue weighted by atomic mass is 10.1. The summed E-state index contributed by atoms with van der Waals surface area (Å²) in [5, 5.41) is 6.92. The number of thiazole rings is 1. The number of nitrogens with zero attached hydrogens (tertiary/aromatic N) is 1. The summed E-state index contributed by atoms with van der Waals surface area (Å²) in [7, 11) is 0. The van der Waals surface area contributed by atoms with Crippen LogP contribution in [0.25, 0.3) is 6.08 Å². The Labute approximate surface area is 157 Å². The summed E-state index contributed by atoms with van der Waals surface area (Å²) in [5.41, 5.74) is 2.48. The highest BCUT2D eigenvalue weighted by atomic mass is 32.1. The summed E-state index contributed by atoms with van der Waals surface area (Å²) < 4.78 is 0. The maximum absolute atomic E-state index is 12.1. The van der Waals surface area contributed by atoms with Crippen molar-refractivity contribution in [1.82, 2.24) is 15.6 Å². The fraction of sp³-hybridized carbons (Fsp3) is 0.350. The minimum absolute atomic E-state index is 0.0372. The molecule has 2 N–H and O–H groups in total. The van der Waals surface area contributed by atoms with Crippen molar-refractivity contribution in [3.63, 3.8) is 0 Å². The smallest absolute Gasteiger partial charge is 0.251 e. The van der Waals surface area contributed by atoms with Gasteiger partial charge in [-0.25, -0.2) is 4.98 Å². The molecule has 5 nitrogen and oxygen atoms in total. The summed E-state index contributed by atoms with van der Waals surface area (Å²) in [6, 6.07) is 7.51. The van der Waals surface area contributed by atoms with Gasteiger partial charge in [-0.15, -0.1) is 11.3 Å². The quantitative estimate of drug-likeness (QED) is 0.765. The van der Waals surface area contributed by atoms with Crippen molar-refractivity contribution in [2.75, 3.05) is 0 Å². The van der Waals surface area contributed by atoms with Crippen molar-refractivity contribution >= 4 is 29.2 Å². The van der Waals surface area contributed by atoms with E-state index in [4.69, 9.17) is 0 Å². The molecule has 2 amide bonds. The monoisotopic (exact) mass is 369 g/mol. The van der Waals surface area contributed by atoms with E-state index in [0.717, 1.165) is 34.0 Å². The van der Waals surface area contributed by atoms with Gasteiger partial charge in [-0.2, -0.15) is 0 Å². The number of hydrogen-bond donors (Lipinski definition) is 2. The van der Waals surface area contributed by atoms with Crippen LogP contribution in [0.1, 0.15) is 57.3 Å². The van der Waals surface area contributed by atoms with Gasteiger partial charge in [0.2, 0.25) is 5.91 Å². The van der Waals surface area contributed by atoms with Gasteiger partial charge in [0.25, 0.3) is 5.91 Å². The minimum Gasteiger partial charge on any atom is -0.349 e. The van der Waals surface area contributed by atoms with E-state index in [1.54, 1.807) is 29.5 Å². The van der Waals surface area contributed by atoms with E-state index in [1.807, 2.05) is 32.9 Å². The Morgan fingerprint density at radius 2 is 1.92 bits per heavy atom. The first-order chi connectivity index (χ1) is 12.4. The van der Waals surface area contributed by atoms with Crippen molar-refractivity contribution in [3.8, 4) is 0 Å². The predicted octanol–water partition coefficient (Wildman–Crippen LogP) is 3.54. The molecule has 1 aromatic carbocycles. The van der Waals surface area contributed by atoms with Gasteiger partial charge in [-0.1, -0.05) is 12.1 Å². The molecule has 2 aromatic rings. The molecule has 1 fully saturated rings. The van der Waals surface area contributed by atoms with E-state index >= 15 is 0 Å². The summed E-state index contributed by atoms with van der Waals surface area (Å²) in [6.07, 6.45) is 5.40. The van der Waals surface area contributed by atoms with Gasteiger partial charge in [-0.3, -0.25) is 9.59 Å². The standard InChI is InChI=1S/C20H23N3O2S/c1-12-19(26-14(3)21-12)13(2)22-18(24)11-6-15-4-7-16(8-5-15)20(25)23-17-9-10-17/h4-8,11,13,17H,9-10H2,1-3H3,(H,22,24)(H,23,25)/b11-6+/t13-/m0/s1. The van der Waals surface area contributed by atoms with Crippen LogP contribution >= 0.6 is 11.3 Å². The van der Waals surface area contributed by atoms with Crippen LogP contribution in [0.3, 0.4) is 0 Å². The highest BCUT2D eigenvalue weighted by molar-refractivity contribution is 7.11. The molecule has 136 valence electrons. The van der Waals surface area contributed by atoms with Crippen LogP contribution in [0.15, 0.2) is 30.3 Å². The zero-order valence-electron chi connectivity index (χ0n) is 15.2. The highest BCUT2D eigenvalue weighted by Crippen LogP contribution is 2.24. The van der Waals surface area contributed by atoms with Gasteiger partial charge in [0.05, 0.1) is 16.7 Å². The molecular formula is C20H23N3O2S. The molecule has 1 atom stereocenters. The lowest BCUT2D eigenvalue weighted by molar-refractivity contribution is -0.117. The molecule has 0 unspecified atom stereocenters. The van der Waals surface area contributed by atoms with Crippen LogP contribution in [0.4, 0.5) is 0 Å². The average Bonchev–Trinajstić information content (AvgIpc) is 3.35. The Hall–Kier alpha value is -2.47. The number of nitrogens with one attached hydrogen (secondary N) is 2. The third kappa shape index (κ3) is 4.79. The van der Waals surface area contributed by atoms with Gasteiger partial charge in [0.1, 0.15) is 0 Å². The molecule has 1 aliphatic carbocycles. The van der Waals surface area contributed by atoms with Gasteiger partial charge < -0.3 is 10.6 Å². The number of carbonyl (C=O) groups is 2. The fourth-order valence-electron chi connectivity index (χ4n) is 2.69. The van der Waals surface area contributed by atoms with Crippen LogP contribution in [0.5, 0.6) is 0 Å². The largest absolute Gasteiger partial charge is 0.349 e. The first-order valence-corrected chi connectivity index (χ1v) is 9.57. The zero-order valence-corrected chi connectivity index (χ0v) is 16.0. The van der Waals surface area contributed by atoms with Crippen molar-refractivity contribution in [3.05, 3.63) is 57.0 Å². The highest BCUT2D eigenvalue weighted by Gasteiger charge is 2.23. The second-order valence-corrected chi connectivity index (χ2v) is 7.85. The van der Waals surface area contributed by atoms with Gasteiger partial charge in [0, 0.05) is 22.6 Å². The fourth-order valence-corrected chi connectivity index (χ4v) is 3.62.